The standard InChI is InChI=1S/C13H13ClN4/c14-12-11(15)13(18-7-17-12)16-6-9-5-8-3-1-2-4-10(8)9/h1-4,7,9H,5-6,15H2,(H,16,17,18). The zero-order valence-corrected chi connectivity index (χ0v) is 10.5. The van der Waals surface area contributed by atoms with E-state index in [1.807, 2.05) is 0 Å². The van der Waals surface area contributed by atoms with Gasteiger partial charge in [-0.05, 0) is 17.5 Å². The minimum atomic E-state index is 0.293. The molecule has 1 aromatic carbocycles. The van der Waals surface area contributed by atoms with E-state index >= 15 is 0 Å². The molecule has 4 nitrogen and oxygen atoms in total. The summed E-state index contributed by atoms with van der Waals surface area (Å²) in [6.45, 7) is 0.814. The summed E-state index contributed by atoms with van der Waals surface area (Å²) >= 11 is 5.84. The Bertz CT molecular complexity index is 585. The fourth-order valence-electron chi connectivity index (χ4n) is 2.28. The van der Waals surface area contributed by atoms with Crippen LogP contribution in [0.4, 0.5) is 11.5 Å². The van der Waals surface area contributed by atoms with Crippen LogP contribution in [-0.2, 0) is 6.42 Å². The first-order chi connectivity index (χ1) is 8.75. The van der Waals surface area contributed by atoms with Crippen molar-refractivity contribution in [2.24, 2.45) is 0 Å². The first kappa shape index (κ1) is 11.3. The second-order valence-corrected chi connectivity index (χ2v) is 4.77. The van der Waals surface area contributed by atoms with Gasteiger partial charge in [0, 0.05) is 12.5 Å². The molecule has 18 heavy (non-hydrogen) atoms. The first-order valence-electron chi connectivity index (χ1n) is 5.83. The number of hydrogen-bond acceptors (Lipinski definition) is 4. The summed E-state index contributed by atoms with van der Waals surface area (Å²) in [6, 6.07) is 8.48. The lowest BCUT2D eigenvalue weighted by molar-refractivity contribution is 0.634. The van der Waals surface area contributed by atoms with Crippen molar-refractivity contribution >= 4 is 23.1 Å². The highest BCUT2D eigenvalue weighted by Crippen LogP contribution is 2.35. The van der Waals surface area contributed by atoms with E-state index in [4.69, 9.17) is 17.3 Å². The molecule has 0 saturated heterocycles. The van der Waals surface area contributed by atoms with Crippen molar-refractivity contribution in [3.63, 3.8) is 0 Å². The molecule has 0 radical (unpaired) electrons. The van der Waals surface area contributed by atoms with Crippen LogP contribution in [0.5, 0.6) is 0 Å². The molecule has 0 aliphatic heterocycles. The van der Waals surface area contributed by atoms with Gasteiger partial charge >= 0.3 is 0 Å². The summed E-state index contributed by atoms with van der Waals surface area (Å²) < 4.78 is 0. The average molecular weight is 261 g/mol. The van der Waals surface area contributed by atoms with Gasteiger partial charge in [-0.1, -0.05) is 35.9 Å². The average Bonchev–Trinajstić information content (AvgIpc) is 2.35. The lowest BCUT2D eigenvalue weighted by Gasteiger charge is -2.30. The molecule has 1 aliphatic carbocycles. The van der Waals surface area contributed by atoms with Crippen molar-refractivity contribution in [2.75, 3.05) is 17.6 Å². The zero-order valence-electron chi connectivity index (χ0n) is 9.73. The van der Waals surface area contributed by atoms with Crippen LogP contribution < -0.4 is 11.1 Å². The lowest BCUT2D eigenvalue weighted by Crippen LogP contribution is -2.24. The normalized spacial score (nSPS) is 16.8. The second kappa shape index (κ2) is 4.46. The maximum atomic E-state index is 5.84. The summed E-state index contributed by atoms with van der Waals surface area (Å²) in [5.41, 5.74) is 9.05. The molecule has 1 heterocycles. The number of nitrogens with zero attached hydrogens (tertiary/aromatic N) is 2. The van der Waals surface area contributed by atoms with Crippen LogP contribution in [0.1, 0.15) is 17.0 Å². The molecule has 1 aromatic heterocycles. The van der Waals surface area contributed by atoms with Crippen LogP contribution >= 0.6 is 11.6 Å². The van der Waals surface area contributed by atoms with Gasteiger partial charge in [0.25, 0.3) is 0 Å². The fourth-order valence-corrected chi connectivity index (χ4v) is 2.41. The quantitative estimate of drug-likeness (QED) is 0.832. The van der Waals surface area contributed by atoms with E-state index in [2.05, 4.69) is 39.6 Å². The molecule has 2 aromatic rings. The van der Waals surface area contributed by atoms with Gasteiger partial charge in [-0.3, -0.25) is 0 Å². The molecule has 92 valence electrons. The van der Waals surface area contributed by atoms with E-state index < -0.39 is 0 Å². The molecule has 0 amide bonds. The number of nitrogen functional groups attached to an aromatic ring is 1. The number of hydrogen-bond donors (Lipinski definition) is 2. The van der Waals surface area contributed by atoms with Crippen molar-refractivity contribution in [3.8, 4) is 0 Å². The predicted molar refractivity (Wildman–Crippen MR) is 72.8 cm³/mol. The van der Waals surface area contributed by atoms with Crippen molar-refractivity contribution in [1.29, 1.82) is 0 Å². The Morgan fingerprint density at radius 2 is 2.17 bits per heavy atom. The maximum absolute atomic E-state index is 5.84. The van der Waals surface area contributed by atoms with E-state index in [0.717, 1.165) is 13.0 Å². The van der Waals surface area contributed by atoms with Crippen LogP contribution in [0, 0.1) is 0 Å². The zero-order chi connectivity index (χ0) is 12.5. The molecular formula is C13H13ClN4. The molecule has 1 unspecified atom stereocenters. The lowest BCUT2D eigenvalue weighted by atomic mass is 9.77. The molecule has 5 heteroatoms. The topological polar surface area (TPSA) is 63.8 Å². The Morgan fingerprint density at radius 1 is 1.33 bits per heavy atom. The van der Waals surface area contributed by atoms with Crippen molar-refractivity contribution in [1.82, 2.24) is 9.97 Å². The van der Waals surface area contributed by atoms with Crippen LogP contribution in [0.3, 0.4) is 0 Å². The van der Waals surface area contributed by atoms with Gasteiger partial charge in [0.15, 0.2) is 11.0 Å². The first-order valence-corrected chi connectivity index (χ1v) is 6.21. The molecule has 0 fully saturated rings. The molecule has 0 spiro atoms. The van der Waals surface area contributed by atoms with Gasteiger partial charge in [-0.15, -0.1) is 0 Å². The van der Waals surface area contributed by atoms with Gasteiger partial charge in [0.1, 0.15) is 12.0 Å². The summed E-state index contributed by atoms with van der Waals surface area (Å²) in [4.78, 5) is 7.92. The van der Waals surface area contributed by atoms with E-state index in [-0.39, 0.29) is 0 Å². The van der Waals surface area contributed by atoms with Crippen LogP contribution in [0.2, 0.25) is 5.15 Å². The smallest absolute Gasteiger partial charge is 0.157 e. The van der Waals surface area contributed by atoms with E-state index in [1.165, 1.54) is 17.5 Å². The largest absolute Gasteiger partial charge is 0.393 e. The number of nitrogens with one attached hydrogen (secondary N) is 1. The number of benzene rings is 1. The van der Waals surface area contributed by atoms with Crippen molar-refractivity contribution in [2.45, 2.75) is 12.3 Å². The minimum absolute atomic E-state index is 0.293. The molecule has 0 bridgehead atoms. The van der Waals surface area contributed by atoms with E-state index in [0.29, 0.717) is 22.6 Å². The SMILES string of the molecule is Nc1c(Cl)ncnc1NCC1Cc2ccccc21. The van der Waals surface area contributed by atoms with Crippen LogP contribution in [0.15, 0.2) is 30.6 Å². The summed E-state index contributed by atoms with van der Waals surface area (Å²) in [5, 5.41) is 3.53. The Balaban J connectivity index is 1.69. The summed E-state index contributed by atoms with van der Waals surface area (Å²) in [6.07, 6.45) is 2.51. The van der Waals surface area contributed by atoms with Crippen molar-refractivity contribution in [3.05, 3.63) is 46.9 Å². The highest BCUT2D eigenvalue weighted by molar-refractivity contribution is 6.32. The minimum Gasteiger partial charge on any atom is -0.393 e. The Kier molecular flexibility index (Phi) is 2.80. The number of aromatic nitrogens is 2. The van der Waals surface area contributed by atoms with Gasteiger partial charge in [0.2, 0.25) is 0 Å². The van der Waals surface area contributed by atoms with Gasteiger partial charge in [-0.25, -0.2) is 9.97 Å². The molecular weight excluding hydrogens is 248 g/mol. The van der Waals surface area contributed by atoms with Crippen LogP contribution in [0.25, 0.3) is 0 Å². The predicted octanol–water partition coefficient (Wildman–Crippen LogP) is 2.46. The maximum Gasteiger partial charge on any atom is 0.157 e. The van der Waals surface area contributed by atoms with Gasteiger partial charge in [0.05, 0.1) is 0 Å². The van der Waals surface area contributed by atoms with Crippen LogP contribution in [-0.4, -0.2) is 16.5 Å². The van der Waals surface area contributed by atoms with E-state index in [1.54, 1.807) is 0 Å². The molecule has 1 aliphatic rings. The molecule has 3 N–H and O–H groups in total. The number of halogens is 1. The van der Waals surface area contributed by atoms with Crippen molar-refractivity contribution < 1.29 is 0 Å². The molecule has 1 atom stereocenters. The third-order valence-corrected chi connectivity index (χ3v) is 3.61. The second-order valence-electron chi connectivity index (χ2n) is 4.41. The molecule has 0 saturated carbocycles. The van der Waals surface area contributed by atoms with Gasteiger partial charge in [-0.2, -0.15) is 0 Å². The Hall–Kier alpha value is -1.81. The van der Waals surface area contributed by atoms with E-state index in [9.17, 15) is 0 Å². The number of anilines is 2. The Morgan fingerprint density at radius 3 is 3.00 bits per heavy atom. The molecule has 3 rings (SSSR count). The third-order valence-electron chi connectivity index (χ3n) is 3.31. The summed E-state index contributed by atoms with van der Waals surface area (Å²) in [7, 11) is 0. The number of fused-ring (bicyclic) bond motifs is 1. The monoisotopic (exact) mass is 260 g/mol. The van der Waals surface area contributed by atoms with Gasteiger partial charge < -0.3 is 11.1 Å². The summed E-state index contributed by atoms with van der Waals surface area (Å²) in [5.74, 6) is 1.13. The fraction of sp³-hybridized carbons (Fsp3) is 0.231. The third kappa shape index (κ3) is 1.88. The number of nitrogens with two attached hydrogens (primary N) is 1. The highest BCUT2D eigenvalue weighted by atomic mass is 35.5. The highest BCUT2D eigenvalue weighted by Gasteiger charge is 2.25. The number of rotatable bonds is 3. The Labute approximate surface area is 110 Å².